The molecule has 2 aromatic carbocycles. The Morgan fingerprint density at radius 1 is 1.11 bits per heavy atom. The summed E-state index contributed by atoms with van der Waals surface area (Å²) in [5.41, 5.74) is 3.55. The number of amides is 2. The molecular weight excluding hydrogens is 342 g/mol. The van der Waals surface area contributed by atoms with Crippen molar-refractivity contribution in [2.24, 2.45) is 0 Å². The SMILES string of the molecule is O=C(CCN1C(=O)CCc2ccccc21)Nc1cccc(-n2ccnn2)c1. The number of hydrogen-bond donors (Lipinski definition) is 1. The van der Waals surface area contributed by atoms with Gasteiger partial charge in [-0.15, -0.1) is 5.10 Å². The molecule has 1 aromatic heterocycles. The van der Waals surface area contributed by atoms with Crippen LogP contribution in [0.3, 0.4) is 0 Å². The van der Waals surface area contributed by atoms with Crippen LogP contribution in [0.4, 0.5) is 11.4 Å². The number of carbonyl (C=O) groups excluding carboxylic acids is 2. The molecule has 2 heterocycles. The number of aryl methyl sites for hydroxylation is 1. The number of anilines is 2. The average molecular weight is 361 g/mol. The summed E-state index contributed by atoms with van der Waals surface area (Å²) in [5.74, 6) is -0.0729. The monoisotopic (exact) mass is 361 g/mol. The first kappa shape index (κ1) is 17.0. The van der Waals surface area contributed by atoms with Crippen LogP contribution in [0, 0.1) is 0 Å². The molecule has 1 aliphatic heterocycles. The smallest absolute Gasteiger partial charge is 0.227 e. The molecule has 0 saturated carbocycles. The predicted molar refractivity (Wildman–Crippen MR) is 102 cm³/mol. The molecular formula is C20H19N5O2. The van der Waals surface area contributed by atoms with Crippen LogP contribution in [0.25, 0.3) is 5.69 Å². The van der Waals surface area contributed by atoms with E-state index in [4.69, 9.17) is 0 Å². The van der Waals surface area contributed by atoms with Gasteiger partial charge in [0, 0.05) is 30.8 Å². The number of fused-ring (bicyclic) bond motifs is 1. The fourth-order valence-corrected chi connectivity index (χ4v) is 3.25. The highest BCUT2D eigenvalue weighted by Gasteiger charge is 2.23. The van der Waals surface area contributed by atoms with E-state index in [1.54, 1.807) is 22.0 Å². The van der Waals surface area contributed by atoms with Crippen molar-refractivity contribution in [2.45, 2.75) is 19.3 Å². The highest BCUT2D eigenvalue weighted by atomic mass is 16.2. The first-order valence-electron chi connectivity index (χ1n) is 8.85. The molecule has 27 heavy (non-hydrogen) atoms. The lowest BCUT2D eigenvalue weighted by Gasteiger charge is -2.29. The van der Waals surface area contributed by atoms with E-state index < -0.39 is 0 Å². The molecule has 4 rings (SSSR count). The molecule has 0 bridgehead atoms. The Balaban J connectivity index is 1.41. The topological polar surface area (TPSA) is 80.1 Å². The second kappa shape index (κ2) is 7.41. The number of aromatic nitrogens is 3. The van der Waals surface area contributed by atoms with Crippen LogP contribution in [-0.4, -0.2) is 33.4 Å². The predicted octanol–water partition coefficient (Wildman–Crippen LogP) is 2.58. The van der Waals surface area contributed by atoms with Crippen LogP contribution in [0.5, 0.6) is 0 Å². The maximum absolute atomic E-state index is 12.4. The van der Waals surface area contributed by atoms with Crippen LogP contribution in [0.2, 0.25) is 0 Å². The Morgan fingerprint density at radius 3 is 2.85 bits per heavy atom. The summed E-state index contributed by atoms with van der Waals surface area (Å²) in [6.45, 7) is 0.366. The van der Waals surface area contributed by atoms with Gasteiger partial charge in [0.25, 0.3) is 0 Å². The number of rotatable bonds is 5. The number of hydrogen-bond acceptors (Lipinski definition) is 4. The van der Waals surface area contributed by atoms with E-state index in [1.165, 1.54) is 0 Å². The maximum Gasteiger partial charge on any atom is 0.227 e. The van der Waals surface area contributed by atoms with E-state index >= 15 is 0 Å². The van der Waals surface area contributed by atoms with Crippen molar-refractivity contribution in [1.29, 1.82) is 0 Å². The molecule has 3 aromatic rings. The quantitative estimate of drug-likeness (QED) is 0.757. The summed E-state index contributed by atoms with van der Waals surface area (Å²) in [5, 5.41) is 10.6. The lowest BCUT2D eigenvalue weighted by Crippen LogP contribution is -2.37. The van der Waals surface area contributed by atoms with Crippen molar-refractivity contribution < 1.29 is 9.59 Å². The van der Waals surface area contributed by atoms with Gasteiger partial charge in [0.1, 0.15) is 0 Å². The van der Waals surface area contributed by atoms with E-state index in [0.29, 0.717) is 18.7 Å². The highest BCUT2D eigenvalue weighted by Crippen LogP contribution is 2.27. The van der Waals surface area contributed by atoms with Crippen LogP contribution in [0.1, 0.15) is 18.4 Å². The molecule has 0 radical (unpaired) electrons. The number of carbonyl (C=O) groups is 2. The molecule has 7 nitrogen and oxygen atoms in total. The fourth-order valence-electron chi connectivity index (χ4n) is 3.25. The van der Waals surface area contributed by atoms with Gasteiger partial charge in [-0.25, -0.2) is 4.68 Å². The second-order valence-corrected chi connectivity index (χ2v) is 6.37. The van der Waals surface area contributed by atoms with Gasteiger partial charge < -0.3 is 10.2 Å². The Morgan fingerprint density at radius 2 is 2.00 bits per heavy atom. The van der Waals surface area contributed by atoms with Crippen molar-refractivity contribution in [1.82, 2.24) is 15.0 Å². The van der Waals surface area contributed by atoms with Gasteiger partial charge in [-0.1, -0.05) is 29.5 Å². The Kier molecular flexibility index (Phi) is 4.65. The number of benzene rings is 2. The van der Waals surface area contributed by atoms with E-state index in [9.17, 15) is 9.59 Å². The molecule has 0 spiro atoms. The molecule has 1 N–H and O–H groups in total. The second-order valence-electron chi connectivity index (χ2n) is 6.37. The summed E-state index contributed by atoms with van der Waals surface area (Å²) in [7, 11) is 0. The lowest BCUT2D eigenvalue weighted by atomic mass is 10.0. The van der Waals surface area contributed by atoms with Gasteiger partial charge in [0.15, 0.2) is 0 Å². The zero-order valence-electron chi connectivity index (χ0n) is 14.7. The van der Waals surface area contributed by atoms with Crippen molar-refractivity contribution >= 4 is 23.2 Å². The van der Waals surface area contributed by atoms with Crippen molar-refractivity contribution in [3.05, 3.63) is 66.5 Å². The minimum Gasteiger partial charge on any atom is -0.326 e. The minimum absolute atomic E-state index is 0.0645. The molecule has 0 aliphatic carbocycles. The fraction of sp³-hybridized carbons (Fsp3) is 0.200. The minimum atomic E-state index is -0.137. The molecule has 0 atom stereocenters. The number of para-hydroxylation sites is 1. The van der Waals surface area contributed by atoms with Crippen molar-refractivity contribution in [3.63, 3.8) is 0 Å². The third kappa shape index (κ3) is 3.72. The average Bonchev–Trinajstić information content (AvgIpc) is 3.22. The highest BCUT2D eigenvalue weighted by molar-refractivity contribution is 5.98. The lowest BCUT2D eigenvalue weighted by molar-refractivity contribution is -0.119. The molecule has 2 amide bonds. The van der Waals surface area contributed by atoms with E-state index in [0.717, 1.165) is 23.4 Å². The van der Waals surface area contributed by atoms with E-state index in [1.807, 2.05) is 48.5 Å². The first-order valence-corrected chi connectivity index (χ1v) is 8.85. The molecule has 136 valence electrons. The van der Waals surface area contributed by atoms with E-state index in [-0.39, 0.29) is 18.2 Å². The van der Waals surface area contributed by atoms with Gasteiger partial charge in [-0.2, -0.15) is 0 Å². The summed E-state index contributed by atoms with van der Waals surface area (Å²) < 4.78 is 1.62. The Bertz CT molecular complexity index is 968. The maximum atomic E-state index is 12.4. The van der Waals surface area contributed by atoms with Crippen LogP contribution in [-0.2, 0) is 16.0 Å². The summed E-state index contributed by atoms with van der Waals surface area (Å²) in [6.07, 6.45) is 4.80. The van der Waals surface area contributed by atoms with Gasteiger partial charge in [0.2, 0.25) is 11.8 Å². The molecule has 0 unspecified atom stereocenters. The van der Waals surface area contributed by atoms with Gasteiger partial charge >= 0.3 is 0 Å². The van der Waals surface area contributed by atoms with E-state index in [2.05, 4.69) is 15.6 Å². The number of nitrogens with one attached hydrogen (secondary N) is 1. The zero-order valence-corrected chi connectivity index (χ0v) is 14.7. The van der Waals surface area contributed by atoms with Crippen molar-refractivity contribution in [3.8, 4) is 5.69 Å². The largest absolute Gasteiger partial charge is 0.326 e. The van der Waals surface area contributed by atoms with Crippen LogP contribution in [0.15, 0.2) is 60.9 Å². The van der Waals surface area contributed by atoms with Crippen molar-refractivity contribution in [2.75, 3.05) is 16.8 Å². The normalized spacial score (nSPS) is 13.3. The summed E-state index contributed by atoms with van der Waals surface area (Å²) in [6, 6.07) is 15.2. The van der Waals surface area contributed by atoms with Gasteiger partial charge in [-0.05, 0) is 36.2 Å². The zero-order chi connectivity index (χ0) is 18.6. The first-order chi connectivity index (χ1) is 13.2. The Labute approximate surface area is 156 Å². The van der Waals surface area contributed by atoms with Gasteiger partial charge in [0.05, 0.1) is 18.1 Å². The number of nitrogens with zero attached hydrogens (tertiary/aromatic N) is 4. The van der Waals surface area contributed by atoms with Gasteiger partial charge in [-0.3, -0.25) is 9.59 Å². The third-order valence-corrected chi connectivity index (χ3v) is 4.57. The summed E-state index contributed by atoms with van der Waals surface area (Å²) in [4.78, 5) is 26.4. The third-order valence-electron chi connectivity index (χ3n) is 4.57. The standard InChI is InChI=1S/C20H19N5O2/c26-19(22-16-5-3-6-17(14-16)25-13-11-21-23-25)10-12-24-18-7-2-1-4-15(18)8-9-20(24)27/h1-7,11,13-14H,8-10,12H2,(H,22,26). The molecule has 0 saturated heterocycles. The molecule has 0 fully saturated rings. The molecule has 1 aliphatic rings. The Hall–Kier alpha value is -3.48. The van der Waals surface area contributed by atoms with Crippen LogP contribution >= 0.6 is 0 Å². The summed E-state index contributed by atoms with van der Waals surface area (Å²) >= 11 is 0. The molecule has 7 heteroatoms. The van der Waals surface area contributed by atoms with Crippen LogP contribution < -0.4 is 10.2 Å².